The largest absolute Gasteiger partial charge is 0.456 e. The summed E-state index contributed by atoms with van der Waals surface area (Å²) in [6, 6.07) is 62.0. The van der Waals surface area contributed by atoms with Gasteiger partial charge >= 0.3 is 0 Å². The topological polar surface area (TPSA) is 13.1 Å². The highest BCUT2D eigenvalue weighted by molar-refractivity contribution is 6.29. The lowest BCUT2D eigenvalue weighted by Crippen LogP contribution is -1.91. The lowest BCUT2D eigenvalue weighted by molar-refractivity contribution is 0.669. The van der Waals surface area contributed by atoms with Gasteiger partial charge in [0, 0.05) is 10.8 Å². The lowest BCUT2D eigenvalue weighted by atomic mass is 9.85. The average molecular weight is 621 g/mol. The Morgan fingerprint density at radius 2 is 0.898 bits per heavy atom. The average Bonchev–Trinajstić information content (AvgIpc) is 3.55. The van der Waals surface area contributed by atoms with E-state index in [2.05, 4.69) is 170 Å². The summed E-state index contributed by atoms with van der Waals surface area (Å²) in [5.41, 5.74) is 9.14. The number of furan rings is 1. The Hall–Kier alpha value is -6.44. The van der Waals surface area contributed by atoms with E-state index in [0.717, 1.165) is 27.5 Å². The second-order valence-electron chi connectivity index (χ2n) is 13.2. The Labute approximate surface area is 282 Å². The van der Waals surface area contributed by atoms with Crippen LogP contribution in [0.15, 0.2) is 174 Å². The van der Waals surface area contributed by atoms with E-state index in [-0.39, 0.29) is 0 Å². The van der Waals surface area contributed by atoms with Gasteiger partial charge in [0.1, 0.15) is 11.2 Å². The van der Waals surface area contributed by atoms with Crippen molar-refractivity contribution in [3.8, 4) is 33.4 Å². The normalized spacial score (nSPS) is 12.1. The maximum Gasteiger partial charge on any atom is 0.136 e. The Morgan fingerprint density at radius 1 is 0.265 bits per heavy atom. The maximum atomic E-state index is 6.53. The molecule has 0 aliphatic rings. The Bertz CT molecular complexity index is 3090. The van der Waals surface area contributed by atoms with Crippen molar-refractivity contribution in [1.29, 1.82) is 0 Å². The van der Waals surface area contributed by atoms with Crippen molar-refractivity contribution in [3.05, 3.63) is 170 Å². The van der Waals surface area contributed by atoms with Crippen LogP contribution >= 0.6 is 0 Å². The van der Waals surface area contributed by atoms with E-state index in [4.69, 9.17) is 4.42 Å². The van der Waals surface area contributed by atoms with Crippen LogP contribution < -0.4 is 0 Å². The van der Waals surface area contributed by atoms with Crippen molar-refractivity contribution in [2.24, 2.45) is 0 Å². The molecular formula is C48H28O. The zero-order valence-electron chi connectivity index (χ0n) is 26.6. The molecule has 0 N–H and O–H groups in total. The van der Waals surface area contributed by atoms with Crippen LogP contribution in [-0.2, 0) is 0 Å². The zero-order valence-corrected chi connectivity index (χ0v) is 26.6. The van der Waals surface area contributed by atoms with Gasteiger partial charge in [0.25, 0.3) is 0 Å². The quantitative estimate of drug-likeness (QED) is 0.179. The summed E-state index contributed by atoms with van der Waals surface area (Å²) < 4.78 is 6.53. The molecule has 0 spiro atoms. The molecule has 49 heavy (non-hydrogen) atoms. The summed E-state index contributed by atoms with van der Waals surface area (Å²) in [6.45, 7) is 0. The van der Waals surface area contributed by atoms with E-state index < -0.39 is 0 Å². The van der Waals surface area contributed by atoms with E-state index >= 15 is 0 Å². The smallest absolute Gasteiger partial charge is 0.136 e. The van der Waals surface area contributed by atoms with Gasteiger partial charge in [-0.15, -0.1) is 0 Å². The molecule has 11 rings (SSSR count). The zero-order chi connectivity index (χ0) is 32.1. The lowest BCUT2D eigenvalue weighted by Gasteiger charge is -2.18. The molecule has 0 saturated heterocycles. The van der Waals surface area contributed by atoms with Gasteiger partial charge in [-0.3, -0.25) is 0 Å². The van der Waals surface area contributed by atoms with Gasteiger partial charge in [0.2, 0.25) is 0 Å². The first kappa shape index (κ1) is 26.6. The van der Waals surface area contributed by atoms with Gasteiger partial charge in [-0.25, -0.2) is 0 Å². The minimum absolute atomic E-state index is 0.911. The van der Waals surface area contributed by atoms with Crippen LogP contribution in [-0.4, -0.2) is 0 Å². The van der Waals surface area contributed by atoms with Crippen molar-refractivity contribution in [3.63, 3.8) is 0 Å². The minimum Gasteiger partial charge on any atom is -0.456 e. The van der Waals surface area contributed by atoms with Gasteiger partial charge in [-0.1, -0.05) is 146 Å². The van der Waals surface area contributed by atoms with E-state index in [0.29, 0.717) is 0 Å². The number of hydrogen-bond acceptors (Lipinski definition) is 1. The summed E-state index contributed by atoms with van der Waals surface area (Å²) in [4.78, 5) is 0. The van der Waals surface area contributed by atoms with Crippen molar-refractivity contribution in [1.82, 2.24) is 0 Å². The fraction of sp³-hybridized carbons (Fsp3) is 0. The minimum atomic E-state index is 0.911. The third kappa shape index (κ3) is 3.82. The molecule has 1 aromatic heterocycles. The molecule has 10 aromatic carbocycles. The predicted octanol–water partition coefficient (Wildman–Crippen LogP) is 13.8. The SMILES string of the molecule is c1ccc(-c2ccc3c(c2)oc2cccc(-c4ccc5ccc6c(-c7cc8ccccc8c8ccccc78)ccc7ccc4c5c76)c23)cc1. The molecule has 0 saturated carbocycles. The fourth-order valence-corrected chi connectivity index (χ4v) is 8.41. The Kier molecular flexibility index (Phi) is 5.45. The molecule has 0 amide bonds. The maximum absolute atomic E-state index is 6.53. The van der Waals surface area contributed by atoms with E-state index in [1.165, 1.54) is 81.7 Å². The molecule has 11 aromatic rings. The summed E-state index contributed by atoms with van der Waals surface area (Å²) in [7, 11) is 0. The van der Waals surface area contributed by atoms with E-state index in [1.54, 1.807) is 0 Å². The van der Waals surface area contributed by atoms with Crippen LogP contribution in [0.4, 0.5) is 0 Å². The first-order valence-corrected chi connectivity index (χ1v) is 16.9. The van der Waals surface area contributed by atoms with Crippen LogP contribution in [0.25, 0.3) is 109 Å². The third-order valence-electron chi connectivity index (χ3n) is 10.6. The highest BCUT2D eigenvalue weighted by Gasteiger charge is 2.19. The second-order valence-corrected chi connectivity index (χ2v) is 13.2. The third-order valence-corrected chi connectivity index (χ3v) is 10.6. The highest BCUT2D eigenvalue weighted by atomic mass is 16.3. The second kappa shape index (κ2) is 10.0. The van der Waals surface area contributed by atoms with Gasteiger partial charge in [0.15, 0.2) is 0 Å². The molecule has 0 fully saturated rings. The monoisotopic (exact) mass is 620 g/mol. The van der Waals surface area contributed by atoms with Gasteiger partial charge in [-0.05, 0) is 112 Å². The van der Waals surface area contributed by atoms with Gasteiger partial charge in [-0.2, -0.15) is 0 Å². The van der Waals surface area contributed by atoms with Crippen LogP contribution in [0, 0.1) is 0 Å². The Morgan fingerprint density at radius 3 is 1.67 bits per heavy atom. The van der Waals surface area contributed by atoms with Crippen LogP contribution in [0.5, 0.6) is 0 Å². The van der Waals surface area contributed by atoms with Crippen LogP contribution in [0.3, 0.4) is 0 Å². The molecule has 1 heterocycles. The van der Waals surface area contributed by atoms with Crippen LogP contribution in [0.1, 0.15) is 0 Å². The standard InChI is InChI=1S/C48H28O/c1-2-9-29(10-3-1)32-21-26-42-45(28-32)49-44-16-8-15-39(48(42)44)37-22-17-30-20-25-41-38(23-18-31-19-24-40(37)46(30)47(31)41)43-27-33-11-4-5-12-34(33)35-13-6-7-14-36(35)43/h1-28H. The fourth-order valence-electron chi connectivity index (χ4n) is 8.41. The predicted molar refractivity (Wildman–Crippen MR) is 209 cm³/mol. The highest BCUT2D eigenvalue weighted by Crippen LogP contribution is 2.46. The molecule has 1 heteroatoms. The molecule has 0 aliphatic heterocycles. The molecule has 0 atom stereocenters. The summed E-state index contributed by atoms with van der Waals surface area (Å²) >= 11 is 0. The Balaban J connectivity index is 1.17. The summed E-state index contributed by atoms with van der Waals surface area (Å²) in [5, 5.41) is 15.1. The molecule has 0 bridgehead atoms. The number of hydrogen-bond donors (Lipinski definition) is 0. The van der Waals surface area contributed by atoms with Crippen molar-refractivity contribution in [2.45, 2.75) is 0 Å². The molecule has 226 valence electrons. The van der Waals surface area contributed by atoms with Crippen molar-refractivity contribution >= 4 is 75.8 Å². The van der Waals surface area contributed by atoms with E-state index in [9.17, 15) is 0 Å². The first-order valence-electron chi connectivity index (χ1n) is 16.9. The van der Waals surface area contributed by atoms with Crippen molar-refractivity contribution in [2.75, 3.05) is 0 Å². The van der Waals surface area contributed by atoms with Gasteiger partial charge < -0.3 is 4.42 Å². The van der Waals surface area contributed by atoms with Crippen molar-refractivity contribution < 1.29 is 4.42 Å². The first-order chi connectivity index (χ1) is 24.3. The van der Waals surface area contributed by atoms with Gasteiger partial charge in [0.05, 0.1) is 0 Å². The number of fused-ring (bicyclic) bond motifs is 6. The number of rotatable bonds is 3. The summed E-state index contributed by atoms with van der Waals surface area (Å²) in [6.07, 6.45) is 0. The molecule has 1 nitrogen and oxygen atoms in total. The molecule has 0 unspecified atom stereocenters. The molecular weight excluding hydrogens is 593 g/mol. The molecule has 0 radical (unpaired) electrons. The van der Waals surface area contributed by atoms with E-state index in [1.807, 2.05) is 0 Å². The van der Waals surface area contributed by atoms with Crippen LogP contribution in [0.2, 0.25) is 0 Å². The molecule has 0 aliphatic carbocycles. The summed E-state index contributed by atoms with van der Waals surface area (Å²) in [5.74, 6) is 0. The number of benzene rings is 10.